The topological polar surface area (TPSA) is 111 Å². The van der Waals surface area contributed by atoms with Crippen molar-refractivity contribution in [2.75, 3.05) is 13.3 Å². The van der Waals surface area contributed by atoms with Gasteiger partial charge in [-0.05, 0) is 30.0 Å². The van der Waals surface area contributed by atoms with Crippen LogP contribution in [-0.2, 0) is 11.2 Å². The summed E-state index contributed by atoms with van der Waals surface area (Å²) in [4.78, 5) is 25.9. The van der Waals surface area contributed by atoms with Crippen LogP contribution in [0.4, 0.5) is 9.59 Å². The second-order valence-electron chi connectivity index (χ2n) is 6.16. The van der Waals surface area contributed by atoms with E-state index in [1.165, 1.54) is 17.0 Å². The number of hydrogen-bond donors (Lipinski definition) is 3. The molecule has 132 valence electrons. The number of aromatic hydroxyl groups is 1. The van der Waals surface area contributed by atoms with Gasteiger partial charge in [0.05, 0.1) is 6.04 Å². The maximum absolute atomic E-state index is 12.6. The molecule has 8 nitrogen and oxygen atoms in total. The molecule has 1 aliphatic heterocycles. The van der Waals surface area contributed by atoms with Gasteiger partial charge in [0, 0.05) is 6.54 Å². The lowest BCUT2D eigenvalue weighted by Crippen LogP contribution is -2.50. The van der Waals surface area contributed by atoms with Gasteiger partial charge in [0.25, 0.3) is 0 Å². The molecule has 24 heavy (non-hydrogen) atoms. The number of amides is 3. The Balaban J connectivity index is 2.15. The highest BCUT2D eigenvalue weighted by atomic mass is 16.6. The molecule has 1 aromatic rings. The number of carboxylic acid groups (broad SMARTS) is 1. The number of phenols is 1. The fraction of sp³-hybridized carbons (Fsp3) is 0.500. The van der Waals surface area contributed by atoms with E-state index >= 15 is 0 Å². The van der Waals surface area contributed by atoms with Crippen LogP contribution < -0.4 is 0 Å². The minimum absolute atomic E-state index is 0.0194. The van der Waals surface area contributed by atoms with E-state index in [4.69, 9.17) is 4.74 Å². The summed E-state index contributed by atoms with van der Waals surface area (Å²) >= 11 is 0. The molecule has 1 fully saturated rings. The van der Waals surface area contributed by atoms with Crippen molar-refractivity contribution in [2.45, 2.75) is 32.6 Å². The number of rotatable bonds is 4. The maximum Gasteiger partial charge on any atom is 0.415 e. The van der Waals surface area contributed by atoms with Gasteiger partial charge in [-0.25, -0.2) is 14.5 Å². The zero-order valence-corrected chi connectivity index (χ0v) is 13.6. The van der Waals surface area contributed by atoms with Crippen LogP contribution in [0.1, 0.15) is 19.4 Å². The first-order chi connectivity index (χ1) is 11.3. The zero-order chi connectivity index (χ0) is 17.9. The molecule has 8 heteroatoms. The maximum atomic E-state index is 12.6. The number of nitrogens with zero attached hydrogens (tertiary/aromatic N) is 2. The van der Waals surface area contributed by atoms with E-state index in [-0.39, 0.29) is 31.4 Å². The van der Waals surface area contributed by atoms with E-state index in [0.29, 0.717) is 0 Å². The minimum Gasteiger partial charge on any atom is -0.508 e. The standard InChI is InChI=1S/C16H22N2O6/c1-10(2)8-17(16(22)23)15(21)18-9-24-14(20)13(18)7-11-3-5-12(19)6-4-11/h3-6,10,13-14,19-20H,7-9H2,1-2H3,(H,22,23). The van der Waals surface area contributed by atoms with Gasteiger partial charge >= 0.3 is 12.1 Å². The summed E-state index contributed by atoms with van der Waals surface area (Å²) in [5.41, 5.74) is 0.783. The summed E-state index contributed by atoms with van der Waals surface area (Å²) in [5, 5.41) is 28.6. The van der Waals surface area contributed by atoms with Crippen molar-refractivity contribution < 1.29 is 29.6 Å². The van der Waals surface area contributed by atoms with E-state index in [1.54, 1.807) is 12.1 Å². The van der Waals surface area contributed by atoms with E-state index in [2.05, 4.69) is 0 Å². The average Bonchev–Trinajstić information content (AvgIpc) is 2.87. The van der Waals surface area contributed by atoms with Crippen LogP contribution >= 0.6 is 0 Å². The Bertz CT molecular complexity index is 589. The number of benzene rings is 1. The number of aliphatic hydroxyl groups excluding tert-OH is 1. The summed E-state index contributed by atoms with van der Waals surface area (Å²) in [6, 6.07) is 4.95. The third-order valence-corrected chi connectivity index (χ3v) is 3.75. The highest BCUT2D eigenvalue weighted by Gasteiger charge is 2.40. The first-order valence-corrected chi connectivity index (χ1v) is 7.68. The van der Waals surface area contributed by atoms with Gasteiger partial charge < -0.3 is 20.1 Å². The highest BCUT2D eigenvalue weighted by molar-refractivity contribution is 5.90. The molecule has 0 aromatic heterocycles. The Kier molecular flexibility index (Phi) is 5.63. The number of carbonyl (C=O) groups excluding carboxylic acids is 1. The molecule has 0 spiro atoms. The van der Waals surface area contributed by atoms with Crippen LogP contribution in [-0.4, -0.2) is 62.9 Å². The summed E-state index contributed by atoms with van der Waals surface area (Å²) in [7, 11) is 0. The summed E-state index contributed by atoms with van der Waals surface area (Å²) in [6.07, 6.45) is -2.25. The van der Waals surface area contributed by atoms with E-state index < -0.39 is 24.5 Å². The molecule has 2 unspecified atom stereocenters. The quantitative estimate of drug-likeness (QED) is 0.770. The smallest absolute Gasteiger partial charge is 0.415 e. The second kappa shape index (κ2) is 7.50. The highest BCUT2D eigenvalue weighted by Crippen LogP contribution is 2.23. The van der Waals surface area contributed by atoms with Gasteiger partial charge in [0.1, 0.15) is 12.5 Å². The predicted molar refractivity (Wildman–Crippen MR) is 84.4 cm³/mol. The molecule has 0 aliphatic carbocycles. The number of hydrogen-bond acceptors (Lipinski definition) is 5. The Labute approximate surface area is 139 Å². The third kappa shape index (κ3) is 4.15. The van der Waals surface area contributed by atoms with Gasteiger partial charge in [0.2, 0.25) is 0 Å². The normalized spacial score (nSPS) is 20.4. The first-order valence-electron chi connectivity index (χ1n) is 7.68. The Hall–Kier alpha value is -2.32. The SMILES string of the molecule is CC(C)CN(C(=O)O)C(=O)N1COC(O)C1Cc1ccc(O)cc1. The van der Waals surface area contributed by atoms with Gasteiger partial charge in [0.15, 0.2) is 6.29 Å². The van der Waals surface area contributed by atoms with E-state index in [0.717, 1.165) is 10.5 Å². The van der Waals surface area contributed by atoms with Crippen molar-refractivity contribution in [2.24, 2.45) is 5.92 Å². The lowest BCUT2D eigenvalue weighted by molar-refractivity contribution is -0.0671. The molecule has 2 rings (SSSR count). The number of imide groups is 1. The van der Waals surface area contributed by atoms with Crippen LogP contribution in [0.5, 0.6) is 5.75 Å². The number of carbonyl (C=O) groups is 2. The van der Waals surface area contributed by atoms with Crippen molar-refractivity contribution in [3.8, 4) is 5.75 Å². The van der Waals surface area contributed by atoms with Crippen LogP contribution in [0.25, 0.3) is 0 Å². The van der Waals surface area contributed by atoms with E-state index in [1.807, 2.05) is 13.8 Å². The first kappa shape index (κ1) is 18.0. The Morgan fingerprint density at radius 3 is 2.50 bits per heavy atom. The molecule has 3 amide bonds. The Morgan fingerprint density at radius 1 is 1.33 bits per heavy atom. The molecular weight excluding hydrogens is 316 g/mol. The van der Waals surface area contributed by atoms with Crippen LogP contribution in [0.15, 0.2) is 24.3 Å². The van der Waals surface area contributed by atoms with Gasteiger partial charge in [-0.15, -0.1) is 0 Å². The lowest BCUT2D eigenvalue weighted by Gasteiger charge is -2.29. The molecule has 0 bridgehead atoms. The van der Waals surface area contributed by atoms with Gasteiger partial charge in [-0.3, -0.25) is 4.90 Å². The number of phenolic OH excluding ortho intramolecular Hbond substituents is 1. The zero-order valence-electron chi connectivity index (χ0n) is 13.6. The van der Waals surface area contributed by atoms with Crippen molar-refractivity contribution in [1.29, 1.82) is 0 Å². The second-order valence-corrected chi connectivity index (χ2v) is 6.16. The lowest BCUT2D eigenvalue weighted by atomic mass is 10.0. The fourth-order valence-corrected chi connectivity index (χ4v) is 2.56. The third-order valence-electron chi connectivity index (χ3n) is 3.75. The van der Waals surface area contributed by atoms with Gasteiger partial charge in [-0.1, -0.05) is 26.0 Å². The molecule has 3 N–H and O–H groups in total. The van der Waals surface area contributed by atoms with Crippen LogP contribution in [0.3, 0.4) is 0 Å². The minimum atomic E-state index is -1.33. The molecule has 1 saturated heterocycles. The monoisotopic (exact) mass is 338 g/mol. The molecule has 0 saturated carbocycles. The van der Waals surface area contributed by atoms with Crippen LogP contribution in [0, 0.1) is 5.92 Å². The number of urea groups is 1. The van der Waals surface area contributed by atoms with Crippen molar-refractivity contribution in [3.63, 3.8) is 0 Å². The van der Waals surface area contributed by atoms with Crippen molar-refractivity contribution >= 4 is 12.1 Å². The number of aliphatic hydroxyl groups is 1. The average molecular weight is 338 g/mol. The molecular formula is C16H22N2O6. The van der Waals surface area contributed by atoms with Crippen molar-refractivity contribution in [1.82, 2.24) is 9.80 Å². The summed E-state index contributed by atoms with van der Waals surface area (Å²) in [5.74, 6) is 0.0953. The van der Waals surface area contributed by atoms with Crippen molar-refractivity contribution in [3.05, 3.63) is 29.8 Å². The van der Waals surface area contributed by atoms with E-state index in [9.17, 15) is 24.9 Å². The molecule has 2 atom stereocenters. The number of ether oxygens (including phenoxy) is 1. The molecule has 1 aromatic carbocycles. The van der Waals surface area contributed by atoms with Gasteiger partial charge in [-0.2, -0.15) is 0 Å². The summed E-state index contributed by atoms with van der Waals surface area (Å²) in [6.45, 7) is 3.51. The molecule has 1 aliphatic rings. The predicted octanol–water partition coefficient (Wildman–Crippen LogP) is 1.67. The fourth-order valence-electron chi connectivity index (χ4n) is 2.56. The summed E-state index contributed by atoms with van der Waals surface area (Å²) < 4.78 is 5.12. The van der Waals surface area contributed by atoms with Crippen LogP contribution in [0.2, 0.25) is 0 Å². The molecule has 1 heterocycles. The Morgan fingerprint density at radius 2 is 1.96 bits per heavy atom. The largest absolute Gasteiger partial charge is 0.508 e. The molecule has 0 radical (unpaired) electrons.